The first kappa shape index (κ1) is 61.8. The fourth-order valence-electron chi connectivity index (χ4n) is 16.9. The van der Waals surface area contributed by atoms with E-state index in [4.69, 9.17) is 0 Å². The minimum Gasteiger partial charge on any atom is -0.299 e. The molecule has 5 heterocycles. The van der Waals surface area contributed by atoms with Gasteiger partial charge in [0.2, 0.25) is 0 Å². The van der Waals surface area contributed by atoms with Crippen LogP contribution in [0.3, 0.4) is 0 Å². The largest absolute Gasteiger partial charge is 0.299 e. The molecular formula is C83H100N4O. The molecule has 88 heavy (non-hydrogen) atoms. The number of hydrogen-bond acceptors (Lipinski definition) is 5. The molecule has 0 N–H and O–H groups in total. The van der Waals surface area contributed by atoms with Crippen LogP contribution >= 0.6 is 0 Å². The Morgan fingerprint density at radius 2 is 0.977 bits per heavy atom. The molecule has 0 spiro atoms. The first-order chi connectivity index (χ1) is 41.9. The molecule has 15 rings (SSSR count). The summed E-state index contributed by atoms with van der Waals surface area (Å²) in [7, 11) is 6.75. The molecule has 0 radical (unpaired) electrons. The number of likely N-dealkylation sites (N-methyl/N-ethyl adjacent to an activating group) is 3. The molecule has 5 nitrogen and oxygen atoms in total. The highest BCUT2D eigenvalue weighted by atomic mass is 16.1. The van der Waals surface area contributed by atoms with Crippen LogP contribution in [-0.2, 0) is 61.7 Å². The molecule has 3 unspecified atom stereocenters. The maximum absolute atomic E-state index is 12.3. The van der Waals surface area contributed by atoms with E-state index >= 15 is 0 Å². The molecule has 0 saturated carbocycles. The molecule has 0 aromatic heterocycles. The second kappa shape index (κ2) is 24.0. The summed E-state index contributed by atoms with van der Waals surface area (Å²) in [6.07, 6.45) is 13.3. The number of nitrogens with zero attached hydrogens (tertiary/aromatic N) is 4. The highest BCUT2D eigenvalue weighted by molar-refractivity contribution is 6.06. The van der Waals surface area contributed by atoms with Gasteiger partial charge in [-0.2, -0.15) is 0 Å². The minimum atomic E-state index is -0.0428. The van der Waals surface area contributed by atoms with Gasteiger partial charge in [-0.05, 0) is 356 Å². The van der Waals surface area contributed by atoms with E-state index in [0.717, 1.165) is 50.9 Å². The summed E-state index contributed by atoms with van der Waals surface area (Å²) < 4.78 is 0. The van der Waals surface area contributed by atoms with Gasteiger partial charge in [0, 0.05) is 55.8 Å². The van der Waals surface area contributed by atoms with Crippen LogP contribution in [-0.4, -0.2) is 78.7 Å². The van der Waals surface area contributed by atoms with Crippen LogP contribution < -0.4 is 0 Å². The summed E-state index contributed by atoms with van der Waals surface area (Å²) in [5, 5.41) is 0. The van der Waals surface area contributed by atoms with Crippen LogP contribution in [0, 0.1) is 96.9 Å². The van der Waals surface area contributed by atoms with E-state index in [0.29, 0.717) is 24.2 Å². The highest BCUT2D eigenvalue weighted by Gasteiger charge is 2.50. The van der Waals surface area contributed by atoms with Crippen molar-refractivity contribution in [3.8, 4) is 11.1 Å². The van der Waals surface area contributed by atoms with Crippen molar-refractivity contribution in [2.45, 2.75) is 191 Å². The summed E-state index contributed by atoms with van der Waals surface area (Å²) in [5.74, 6) is 0.194. The number of aryl methyl sites for hydroxylation is 10. The first-order valence-electron chi connectivity index (χ1n) is 33.4. The van der Waals surface area contributed by atoms with E-state index in [-0.39, 0.29) is 11.2 Å². The lowest BCUT2D eigenvalue weighted by molar-refractivity contribution is -0.111. The van der Waals surface area contributed by atoms with Crippen LogP contribution in [0.5, 0.6) is 0 Å². The number of benzene rings is 7. The van der Waals surface area contributed by atoms with Gasteiger partial charge in [0.15, 0.2) is 5.78 Å². The molecule has 3 aliphatic carbocycles. The van der Waals surface area contributed by atoms with Gasteiger partial charge in [-0.25, -0.2) is 0 Å². The Labute approximate surface area is 530 Å². The predicted octanol–water partition coefficient (Wildman–Crippen LogP) is 17.2. The lowest BCUT2D eigenvalue weighted by atomic mass is 9.57. The van der Waals surface area contributed by atoms with Crippen LogP contribution in [0.25, 0.3) is 11.1 Å². The normalized spacial score (nSPS) is 22.2. The van der Waals surface area contributed by atoms with Crippen LogP contribution in [0.15, 0.2) is 108 Å². The number of carbonyl (C=O) groups is 1. The first-order valence-corrected chi connectivity index (χ1v) is 33.4. The van der Waals surface area contributed by atoms with Crippen LogP contribution in [0.2, 0.25) is 0 Å². The number of ketones is 1. The summed E-state index contributed by atoms with van der Waals surface area (Å²) in [6, 6.07) is 35.0. The van der Waals surface area contributed by atoms with E-state index < -0.39 is 0 Å². The zero-order valence-electron chi connectivity index (χ0n) is 56.9. The van der Waals surface area contributed by atoms with E-state index in [9.17, 15) is 4.79 Å². The van der Waals surface area contributed by atoms with E-state index in [1.807, 2.05) is 13.0 Å². The molecule has 5 heteroatoms. The molecule has 2 bridgehead atoms. The van der Waals surface area contributed by atoms with Crippen molar-refractivity contribution in [1.82, 2.24) is 19.6 Å². The number of allylic oxidation sites excluding steroid dienone is 3. The molecule has 0 amide bonds. The fraction of sp³-hybridized carbons (Fsp3) is 0.434. The van der Waals surface area contributed by atoms with Crippen molar-refractivity contribution in [3.63, 3.8) is 0 Å². The van der Waals surface area contributed by atoms with Gasteiger partial charge in [0.1, 0.15) is 0 Å². The van der Waals surface area contributed by atoms with E-state index in [2.05, 4.69) is 229 Å². The number of rotatable bonds is 2. The van der Waals surface area contributed by atoms with Crippen molar-refractivity contribution in [2.24, 2.45) is 0 Å². The average Bonchev–Trinajstić information content (AvgIpc) is 0.730. The number of likely N-dealkylation sites (tertiary alicyclic amines) is 1. The topological polar surface area (TPSA) is 30.0 Å². The highest BCUT2D eigenvalue weighted by Crippen LogP contribution is 2.53. The van der Waals surface area contributed by atoms with Gasteiger partial charge in [-0.15, -0.1) is 0 Å². The van der Waals surface area contributed by atoms with Gasteiger partial charge >= 0.3 is 0 Å². The second-order valence-electron chi connectivity index (χ2n) is 28.7. The third-order valence-corrected chi connectivity index (χ3v) is 23.5. The molecule has 5 atom stereocenters. The Kier molecular flexibility index (Phi) is 16.9. The molecule has 7 aromatic rings. The van der Waals surface area contributed by atoms with Crippen molar-refractivity contribution < 1.29 is 4.79 Å². The molecule has 458 valence electrons. The van der Waals surface area contributed by atoms with Gasteiger partial charge in [0.25, 0.3) is 0 Å². The Hall–Kier alpha value is -6.47. The Morgan fingerprint density at radius 1 is 0.443 bits per heavy atom. The zero-order chi connectivity index (χ0) is 62.5. The maximum Gasteiger partial charge on any atom is 0.181 e. The number of carbonyl (C=O) groups excluding carboxylic acids is 1. The molecule has 8 aliphatic rings. The SMILES string of the molecule is CC1=C[C@]23CCN(C)[C@H](Cc4ccc(C)c(C)c42)C3=CC1=O.Cc1cc2c(cc1C)C1Cc3ccc(C)c(C)c3CN1CC2.Cc1ccc(CC2c3cc(C)c(C)cc3CCN2C)cc1C.Cc1ccc2c(c1C)-c1c(C)c(C)cc3c1C(C2)N(C)CC3. The quantitative estimate of drug-likeness (QED) is 0.172. The lowest BCUT2D eigenvalue weighted by Crippen LogP contribution is -2.54. The molecule has 5 aliphatic heterocycles. The Balaban J connectivity index is 0.000000114. The smallest absolute Gasteiger partial charge is 0.181 e. The van der Waals surface area contributed by atoms with Crippen molar-refractivity contribution >= 4 is 5.78 Å². The molecule has 7 aromatic carbocycles. The van der Waals surface area contributed by atoms with Crippen molar-refractivity contribution in [1.29, 1.82) is 0 Å². The standard InChI is InChI=1S/2C21H25N.C21H27N.C20H23NO/c1-12-6-7-16-11-18-21-17(8-9-22(18)5)10-13(2)15(4)20(21)19(16)14(12)3;1-13-5-6-17-11-21-19-10-15(3)14(2)9-18(19)7-8-22(21)12-20(17)16(13)4;1-14-6-7-18(10-15(14)2)13-21-20-12-17(4)16(3)11-19(20)8-9-22(21)5;1-12-5-6-15-9-17-16-10-18(22)13(2)11-20(16,7-8-21(17)4)19(15)14(12)3/h6-7,10,18H,8-9,11H2,1-5H3;5-6,9-10,21H,7-8,11-12H2,1-4H3;6-7,10-12,21H,8-9,13H2,1-5H3;5-6,10-11,17H,7-9H2,1-4H3/t;;;17-,20+/m...1/s1. The number of piperidine rings is 1. The van der Waals surface area contributed by atoms with Crippen molar-refractivity contribution in [2.75, 3.05) is 47.3 Å². The van der Waals surface area contributed by atoms with E-state index in [1.54, 1.807) is 44.5 Å². The maximum atomic E-state index is 12.3. The average molecular weight is 1170 g/mol. The third kappa shape index (κ3) is 11.0. The summed E-state index contributed by atoms with van der Waals surface area (Å²) in [5.41, 5.74) is 43.8. The Morgan fingerprint density at radius 3 is 1.69 bits per heavy atom. The molecule has 1 fully saturated rings. The van der Waals surface area contributed by atoms with Gasteiger partial charge < -0.3 is 0 Å². The van der Waals surface area contributed by atoms with Crippen molar-refractivity contribution in [3.05, 3.63) is 253 Å². The zero-order valence-corrected chi connectivity index (χ0v) is 56.9. The number of fused-ring (bicyclic) bond motifs is 8. The Bertz CT molecular complexity index is 3980. The minimum absolute atomic E-state index is 0.0428. The monoisotopic (exact) mass is 1170 g/mol. The van der Waals surface area contributed by atoms with Crippen LogP contribution in [0.4, 0.5) is 0 Å². The van der Waals surface area contributed by atoms with E-state index in [1.165, 1.54) is 156 Å². The molecular weight excluding hydrogens is 1070 g/mol. The lowest BCUT2D eigenvalue weighted by Gasteiger charge is -2.53. The number of hydrogen-bond donors (Lipinski definition) is 0. The van der Waals surface area contributed by atoms with Gasteiger partial charge in [-0.1, -0.05) is 91.0 Å². The summed E-state index contributed by atoms with van der Waals surface area (Å²) in [4.78, 5) is 22.5. The van der Waals surface area contributed by atoms with Gasteiger partial charge in [-0.3, -0.25) is 24.4 Å². The predicted molar refractivity (Wildman–Crippen MR) is 370 cm³/mol. The second-order valence-corrected chi connectivity index (χ2v) is 28.7. The van der Waals surface area contributed by atoms with Gasteiger partial charge in [0.05, 0.1) is 0 Å². The molecule has 1 saturated heterocycles. The van der Waals surface area contributed by atoms with Crippen LogP contribution in [0.1, 0.15) is 176 Å². The third-order valence-electron chi connectivity index (χ3n) is 23.5. The summed E-state index contributed by atoms with van der Waals surface area (Å²) in [6.45, 7) is 39.2. The fourth-order valence-corrected chi connectivity index (χ4v) is 16.9. The summed E-state index contributed by atoms with van der Waals surface area (Å²) >= 11 is 0.